The molecule has 15 nitrogen and oxygen atoms in total. The van der Waals surface area contributed by atoms with E-state index in [9.17, 15) is 45.3 Å². The number of ether oxygens (including phenoxy) is 6. The van der Waals surface area contributed by atoms with Crippen LogP contribution in [0.3, 0.4) is 0 Å². The average Bonchev–Trinajstić information content (AvgIpc) is 3.31. The molecule has 0 aliphatic carbocycles. The molecule has 11 atom stereocenters. The summed E-state index contributed by atoms with van der Waals surface area (Å²) in [5.74, 6) is -0.998. The maximum Gasteiger partial charge on any atom is 0.306 e. The zero-order chi connectivity index (χ0) is 48.2. The summed E-state index contributed by atoms with van der Waals surface area (Å²) in [5, 5.41) is 72.0. The first-order chi connectivity index (χ1) is 32.0. The van der Waals surface area contributed by atoms with Gasteiger partial charge in [0, 0.05) is 12.8 Å². The third kappa shape index (κ3) is 25.9. The van der Waals surface area contributed by atoms with Crippen LogP contribution < -0.4 is 0 Å². The third-order valence-electron chi connectivity index (χ3n) is 11.2. The van der Waals surface area contributed by atoms with E-state index in [1.807, 2.05) is 0 Å². The van der Waals surface area contributed by atoms with Crippen molar-refractivity contribution in [2.45, 2.75) is 210 Å². The Bertz CT molecular complexity index is 1430. The SMILES string of the molecule is CC/C=C\C/C=C\C/C=C\CCCCCCCC(=O)OC[C@H](CO[C@@H]1O[C@H](CO[C@H]2O[C@H](CO)[C@H](O)[C@H](O)[C@H]2O)[C@H](O)[C@H](O)[C@H]1O)OC(=O)CCCC/C=C\C/C=C\C/C=C\CCCCC. The molecule has 0 saturated carbocycles. The molecule has 0 bridgehead atoms. The van der Waals surface area contributed by atoms with Gasteiger partial charge in [0.25, 0.3) is 0 Å². The van der Waals surface area contributed by atoms with E-state index >= 15 is 0 Å². The molecular formula is C51H84O15. The van der Waals surface area contributed by atoms with Crippen LogP contribution in [0.1, 0.15) is 142 Å². The van der Waals surface area contributed by atoms with Crippen molar-refractivity contribution in [3.63, 3.8) is 0 Å². The van der Waals surface area contributed by atoms with Crippen molar-refractivity contribution in [2.24, 2.45) is 0 Å². The number of hydrogen-bond acceptors (Lipinski definition) is 15. The van der Waals surface area contributed by atoms with Crippen LogP contribution in [-0.4, -0.2) is 142 Å². The van der Waals surface area contributed by atoms with Crippen molar-refractivity contribution < 1.29 is 73.8 Å². The fourth-order valence-corrected chi connectivity index (χ4v) is 7.12. The molecule has 0 spiro atoms. The average molecular weight is 937 g/mol. The van der Waals surface area contributed by atoms with Gasteiger partial charge in [0.05, 0.1) is 19.8 Å². The van der Waals surface area contributed by atoms with Crippen molar-refractivity contribution in [3.05, 3.63) is 72.9 Å². The molecule has 15 heteroatoms. The number of esters is 2. The van der Waals surface area contributed by atoms with E-state index in [1.165, 1.54) is 19.3 Å². The van der Waals surface area contributed by atoms with Crippen LogP contribution in [0.25, 0.3) is 0 Å². The summed E-state index contributed by atoms with van der Waals surface area (Å²) in [7, 11) is 0. The van der Waals surface area contributed by atoms with E-state index in [4.69, 9.17) is 28.4 Å². The van der Waals surface area contributed by atoms with Crippen molar-refractivity contribution in [1.82, 2.24) is 0 Å². The summed E-state index contributed by atoms with van der Waals surface area (Å²) in [5.41, 5.74) is 0. The van der Waals surface area contributed by atoms with Crippen molar-refractivity contribution in [2.75, 3.05) is 26.4 Å². The summed E-state index contributed by atoms with van der Waals surface area (Å²) in [4.78, 5) is 25.7. The highest BCUT2D eigenvalue weighted by atomic mass is 16.7. The predicted octanol–water partition coefficient (Wildman–Crippen LogP) is 6.26. The van der Waals surface area contributed by atoms with Gasteiger partial charge < -0.3 is 64.2 Å². The molecule has 0 aromatic rings. The predicted molar refractivity (Wildman–Crippen MR) is 252 cm³/mol. The summed E-state index contributed by atoms with van der Waals surface area (Å²) >= 11 is 0. The Morgan fingerprint density at radius 1 is 0.500 bits per heavy atom. The Morgan fingerprint density at radius 3 is 1.53 bits per heavy atom. The number of hydrogen-bond donors (Lipinski definition) is 7. The normalized spacial score (nSPS) is 26.8. The van der Waals surface area contributed by atoms with Crippen LogP contribution in [0.4, 0.5) is 0 Å². The Morgan fingerprint density at radius 2 is 0.955 bits per heavy atom. The maximum absolute atomic E-state index is 13.0. The smallest absolute Gasteiger partial charge is 0.306 e. The van der Waals surface area contributed by atoms with Gasteiger partial charge in [-0.3, -0.25) is 9.59 Å². The van der Waals surface area contributed by atoms with E-state index in [1.54, 1.807) is 0 Å². The molecule has 2 aliphatic heterocycles. The third-order valence-corrected chi connectivity index (χ3v) is 11.2. The van der Waals surface area contributed by atoms with Crippen molar-refractivity contribution in [3.8, 4) is 0 Å². The lowest BCUT2D eigenvalue weighted by Crippen LogP contribution is -2.61. The van der Waals surface area contributed by atoms with Crippen molar-refractivity contribution >= 4 is 11.9 Å². The van der Waals surface area contributed by atoms with E-state index in [0.29, 0.717) is 12.8 Å². The second-order valence-electron chi connectivity index (χ2n) is 16.9. The largest absolute Gasteiger partial charge is 0.462 e. The number of carbonyl (C=O) groups excluding carboxylic acids is 2. The zero-order valence-electron chi connectivity index (χ0n) is 39.6. The first-order valence-electron chi connectivity index (χ1n) is 24.5. The van der Waals surface area contributed by atoms with Crippen LogP contribution in [0.5, 0.6) is 0 Å². The molecule has 0 aromatic heterocycles. The van der Waals surface area contributed by atoms with Crippen LogP contribution >= 0.6 is 0 Å². The van der Waals surface area contributed by atoms with E-state index in [0.717, 1.165) is 83.5 Å². The lowest BCUT2D eigenvalue weighted by atomic mass is 9.98. The number of rotatable bonds is 36. The maximum atomic E-state index is 13.0. The molecule has 0 unspecified atom stereocenters. The topological polar surface area (TPSA) is 231 Å². The summed E-state index contributed by atoms with van der Waals surface area (Å²) in [6, 6.07) is 0. The minimum absolute atomic E-state index is 0.109. The second-order valence-corrected chi connectivity index (χ2v) is 16.9. The van der Waals surface area contributed by atoms with Crippen LogP contribution in [0, 0.1) is 0 Å². The highest BCUT2D eigenvalue weighted by molar-refractivity contribution is 5.70. The van der Waals surface area contributed by atoms with Gasteiger partial charge in [-0.2, -0.15) is 0 Å². The Labute approximate surface area is 393 Å². The minimum atomic E-state index is -1.78. The quantitative estimate of drug-likeness (QED) is 0.0209. The first-order valence-corrected chi connectivity index (χ1v) is 24.5. The molecule has 2 saturated heterocycles. The lowest BCUT2D eigenvalue weighted by Gasteiger charge is -2.42. The number of carbonyl (C=O) groups is 2. The van der Waals surface area contributed by atoms with Gasteiger partial charge in [-0.1, -0.05) is 119 Å². The van der Waals surface area contributed by atoms with Crippen LogP contribution in [0.2, 0.25) is 0 Å². The van der Waals surface area contributed by atoms with Gasteiger partial charge in [-0.05, 0) is 83.5 Å². The number of aliphatic hydroxyl groups excluding tert-OH is 7. The molecule has 66 heavy (non-hydrogen) atoms. The van der Waals surface area contributed by atoms with Crippen LogP contribution in [0.15, 0.2) is 72.9 Å². The Balaban J connectivity index is 1.86. The van der Waals surface area contributed by atoms with Crippen LogP contribution in [-0.2, 0) is 38.0 Å². The fraction of sp³-hybridized carbons (Fsp3) is 0.725. The highest BCUT2D eigenvalue weighted by Crippen LogP contribution is 2.26. The summed E-state index contributed by atoms with van der Waals surface area (Å²) in [6.07, 6.45) is 26.5. The van der Waals surface area contributed by atoms with Gasteiger partial charge in [0.15, 0.2) is 18.7 Å². The molecular weight excluding hydrogens is 853 g/mol. The molecule has 0 aromatic carbocycles. The Kier molecular flexibility index (Phi) is 33.9. The van der Waals surface area contributed by atoms with Gasteiger partial charge in [0.2, 0.25) is 0 Å². The highest BCUT2D eigenvalue weighted by Gasteiger charge is 2.47. The van der Waals surface area contributed by atoms with Gasteiger partial charge in [-0.25, -0.2) is 0 Å². The monoisotopic (exact) mass is 937 g/mol. The minimum Gasteiger partial charge on any atom is -0.462 e. The molecule has 0 amide bonds. The molecule has 0 radical (unpaired) electrons. The number of unbranched alkanes of at least 4 members (excludes halogenated alkanes) is 10. The van der Waals surface area contributed by atoms with E-state index in [-0.39, 0.29) is 19.4 Å². The first kappa shape index (κ1) is 59.1. The second kappa shape index (κ2) is 37.9. The van der Waals surface area contributed by atoms with Gasteiger partial charge in [0.1, 0.15) is 55.4 Å². The molecule has 2 rings (SSSR count). The number of aliphatic hydroxyl groups is 7. The fourth-order valence-electron chi connectivity index (χ4n) is 7.12. The van der Waals surface area contributed by atoms with E-state index in [2.05, 4.69) is 86.8 Å². The zero-order valence-corrected chi connectivity index (χ0v) is 39.6. The summed E-state index contributed by atoms with van der Waals surface area (Å²) in [6.45, 7) is 2.36. The van der Waals surface area contributed by atoms with E-state index < -0.39 is 99.3 Å². The summed E-state index contributed by atoms with van der Waals surface area (Å²) < 4.78 is 33.5. The lowest BCUT2D eigenvalue weighted by molar-refractivity contribution is -0.332. The molecule has 7 N–H and O–H groups in total. The van der Waals surface area contributed by atoms with Gasteiger partial charge in [-0.15, -0.1) is 0 Å². The van der Waals surface area contributed by atoms with Crippen molar-refractivity contribution in [1.29, 1.82) is 0 Å². The molecule has 378 valence electrons. The number of allylic oxidation sites excluding steroid dienone is 12. The standard InChI is InChI=1S/C51H84O15/c1-3-5-7-9-11-13-15-17-19-21-23-25-27-29-31-33-42(53)61-36-39(64-43(54)34-32-30-28-26-24-22-20-18-16-14-12-10-8-6-4-2)37-62-50-49(60)47(58)45(56)41(66-50)38-63-51-48(59)46(57)44(55)40(35-52)65-51/h5,7,11-14,17-20,24,26,39-41,44-52,55-60H,3-4,6,8-10,15-16,21-23,25,27-38H2,1-2H3/b7-5-,13-11-,14-12-,19-17-,20-18-,26-24-/t39-,40-,41-,44+,45+,46+,47+,48-,49-,50-,51+/m1/s1. The molecule has 2 aliphatic rings. The Hall–Kier alpha value is -3.06. The molecule has 2 fully saturated rings. The molecule has 2 heterocycles. The van der Waals surface area contributed by atoms with Gasteiger partial charge >= 0.3 is 11.9 Å².